The highest BCUT2D eigenvalue weighted by Crippen LogP contribution is 2.36. The number of rotatable bonds is 5. The number of nitriles is 1. The van der Waals surface area contributed by atoms with E-state index in [4.69, 9.17) is 14.4 Å². The SMILES string of the molecule is CC(C)(C)[Si](C)(C)OCCOc1cncc(C#N)c1. The fourth-order valence-electron chi connectivity index (χ4n) is 1.23. The van der Waals surface area contributed by atoms with Gasteiger partial charge in [0.15, 0.2) is 8.32 Å². The van der Waals surface area contributed by atoms with Crippen molar-refractivity contribution in [1.82, 2.24) is 4.98 Å². The minimum Gasteiger partial charge on any atom is -0.490 e. The van der Waals surface area contributed by atoms with Crippen molar-refractivity contribution in [3.8, 4) is 11.8 Å². The Morgan fingerprint density at radius 1 is 1.26 bits per heavy atom. The van der Waals surface area contributed by atoms with Gasteiger partial charge in [0, 0.05) is 12.3 Å². The van der Waals surface area contributed by atoms with E-state index in [0.29, 0.717) is 24.5 Å². The molecule has 0 saturated carbocycles. The van der Waals surface area contributed by atoms with Gasteiger partial charge in [-0.05, 0) is 18.1 Å². The smallest absolute Gasteiger partial charge is 0.192 e. The third-order valence-corrected chi connectivity index (χ3v) is 8.00. The molecule has 0 bridgehead atoms. The Balaban J connectivity index is 2.41. The summed E-state index contributed by atoms with van der Waals surface area (Å²) in [5, 5.41) is 8.97. The third kappa shape index (κ3) is 4.65. The molecule has 0 aliphatic rings. The summed E-state index contributed by atoms with van der Waals surface area (Å²) in [6.07, 6.45) is 3.12. The molecular formula is C14H22N2O2Si. The number of ether oxygens (including phenoxy) is 1. The van der Waals surface area contributed by atoms with Gasteiger partial charge in [0.05, 0.1) is 18.4 Å². The van der Waals surface area contributed by atoms with Gasteiger partial charge in [-0.2, -0.15) is 5.26 Å². The van der Waals surface area contributed by atoms with Crippen molar-refractivity contribution < 1.29 is 9.16 Å². The molecule has 4 nitrogen and oxygen atoms in total. The standard InChI is InChI=1S/C14H22N2O2Si/c1-14(2,3)19(4,5)18-7-6-17-13-8-12(9-15)10-16-11-13/h8,10-11H,6-7H2,1-5H3. The fourth-order valence-corrected chi connectivity index (χ4v) is 2.26. The number of pyridine rings is 1. The normalized spacial score (nSPS) is 12.0. The molecule has 1 aromatic rings. The van der Waals surface area contributed by atoms with E-state index >= 15 is 0 Å². The van der Waals surface area contributed by atoms with Gasteiger partial charge < -0.3 is 9.16 Å². The molecule has 0 radical (unpaired) electrons. The van der Waals surface area contributed by atoms with Gasteiger partial charge in [-0.3, -0.25) is 4.98 Å². The average molecular weight is 278 g/mol. The van der Waals surface area contributed by atoms with Crippen LogP contribution in [-0.2, 0) is 4.43 Å². The monoisotopic (exact) mass is 278 g/mol. The largest absolute Gasteiger partial charge is 0.490 e. The lowest BCUT2D eigenvalue weighted by Gasteiger charge is -2.36. The molecule has 0 spiro atoms. The second-order valence-electron chi connectivity index (χ2n) is 5.98. The first kappa shape index (κ1) is 15.7. The first-order chi connectivity index (χ1) is 8.76. The summed E-state index contributed by atoms with van der Waals surface area (Å²) in [5.74, 6) is 0.609. The Kier molecular flexibility index (Phi) is 5.09. The first-order valence-electron chi connectivity index (χ1n) is 6.38. The zero-order valence-corrected chi connectivity index (χ0v) is 13.4. The third-order valence-electron chi connectivity index (χ3n) is 3.46. The average Bonchev–Trinajstić information content (AvgIpc) is 2.33. The van der Waals surface area contributed by atoms with E-state index in [9.17, 15) is 0 Å². The van der Waals surface area contributed by atoms with Gasteiger partial charge in [-0.25, -0.2) is 0 Å². The van der Waals surface area contributed by atoms with Gasteiger partial charge in [0.1, 0.15) is 18.4 Å². The van der Waals surface area contributed by atoms with Crippen molar-refractivity contribution in [2.24, 2.45) is 0 Å². The lowest BCUT2D eigenvalue weighted by Crippen LogP contribution is -2.41. The highest BCUT2D eigenvalue weighted by Gasteiger charge is 2.36. The summed E-state index contributed by atoms with van der Waals surface area (Å²) in [6.45, 7) is 12.1. The molecule has 1 heterocycles. The van der Waals surface area contributed by atoms with Gasteiger partial charge in [-0.1, -0.05) is 20.8 Å². The molecule has 0 amide bonds. The van der Waals surface area contributed by atoms with Crippen LogP contribution in [-0.4, -0.2) is 26.5 Å². The summed E-state index contributed by atoms with van der Waals surface area (Å²) in [4.78, 5) is 3.94. The Labute approximate surface area is 116 Å². The Morgan fingerprint density at radius 3 is 2.53 bits per heavy atom. The van der Waals surface area contributed by atoms with Gasteiger partial charge >= 0.3 is 0 Å². The van der Waals surface area contributed by atoms with Gasteiger partial charge in [-0.15, -0.1) is 0 Å². The first-order valence-corrected chi connectivity index (χ1v) is 9.29. The van der Waals surface area contributed by atoms with Gasteiger partial charge in [0.2, 0.25) is 0 Å². The Morgan fingerprint density at radius 2 is 1.95 bits per heavy atom. The van der Waals surface area contributed by atoms with Crippen LogP contribution in [0.4, 0.5) is 0 Å². The predicted molar refractivity (Wildman–Crippen MR) is 77.6 cm³/mol. The van der Waals surface area contributed by atoms with Crippen LogP contribution in [0.3, 0.4) is 0 Å². The van der Waals surface area contributed by atoms with Crippen molar-refractivity contribution in [3.05, 3.63) is 24.0 Å². The van der Waals surface area contributed by atoms with Crippen molar-refractivity contribution in [2.75, 3.05) is 13.2 Å². The molecule has 0 fully saturated rings. The maximum absolute atomic E-state index is 8.77. The highest BCUT2D eigenvalue weighted by atomic mass is 28.4. The molecule has 0 aliphatic carbocycles. The zero-order valence-electron chi connectivity index (χ0n) is 12.4. The van der Waals surface area contributed by atoms with Crippen molar-refractivity contribution in [2.45, 2.75) is 38.9 Å². The van der Waals surface area contributed by atoms with Crippen molar-refractivity contribution >= 4 is 8.32 Å². The molecule has 0 saturated heterocycles. The predicted octanol–water partition coefficient (Wildman–Crippen LogP) is 3.35. The van der Waals surface area contributed by atoms with E-state index in [1.165, 1.54) is 6.20 Å². The number of nitrogens with zero attached hydrogens (tertiary/aromatic N) is 2. The van der Waals surface area contributed by atoms with Crippen molar-refractivity contribution in [1.29, 1.82) is 5.26 Å². The Hall–Kier alpha value is -1.38. The summed E-state index contributed by atoms with van der Waals surface area (Å²) < 4.78 is 11.5. The molecule has 0 aliphatic heterocycles. The molecule has 1 aromatic heterocycles. The Bertz CT molecular complexity index is 461. The summed E-state index contributed by atoms with van der Waals surface area (Å²) in [7, 11) is -1.71. The van der Waals surface area contributed by atoms with Crippen LogP contribution in [0.5, 0.6) is 5.75 Å². The maximum atomic E-state index is 8.77. The van der Waals surface area contributed by atoms with Crippen molar-refractivity contribution in [3.63, 3.8) is 0 Å². The molecule has 0 atom stereocenters. The molecule has 1 rings (SSSR count). The van der Waals surface area contributed by atoms with Crippen LogP contribution in [0.15, 0.2) is 18.5 Å². The van der Waals surface area contributed by atoms with Crippen LogP contribution < -0.4 is 4.74 Å². The highest BCUT2D eigenvalue weighted by molar-refractivity contribution is 6.74. The van der Waals surface area contributed by atoms with Crippen LogP contribution in [0.1, 0.15) is 26.3 Å². The molecule has 5 heteroatoms. The molecule has 104 valence electrons. The van der Waals surface area contributed by atoms with E-state index in [-0.39, 0.29) is 5.04 Å². The second-order valence-corrected chi connectivity index (χ2v) is 10.8. The topological polar surface area (TPSA) is 55.1 Å². The van der Waals surface area contributed by atoms with E-state index in [1.54, 1.807) is 12.3 Å². The van der Waals surface area contributed by atoms with Crippen LogP contribution in [0.25, 0.3) is 0 Å². The van der Waals surface area contributed by atoms with Crippen LogP contribution in [0, 0.1) is 11.3 Å². The summed E-state index contributed by atoms with van der Waals surface area (Å²) in [5.41, 5.74) is 0.503. The number of hydrogen-bond acceptors (Lipinski definition) is 4. The number of hydrogen-bond donors (Lipinski definition) is 0. The molecule has 19 heavy (non-hydrogen) atoms. The van der Waals surface area contributed by atoms with E-state index < -0.39 is 8.32 Å². The summed E-state index contributed by atoms with van der Waals surface area (Å²) in [6, 6.07) is 3.71. The molecule has 0 unspecified atom stereocenters. The van der Waals surface area contributed by atoms with Gasteiger partial charge in [0.25, 0.3) is 0 Å². The minimum atomic E-state index is -1.71. The lowest BCUT2D eigenvalue weighted by atomic mass is 10.2. The molecule has 0 N–H and O–H groups in total. The zero-order chi connectivity index (χ0) is 14.5. The molecular weight excluding hydrogens is 256 g/mol. The van der Waals surface area contributed by atoms with E-state index in [2.05, 4.69) is 38.8 Å². The van der Waals surface area contributed by atoms with Crippen LogP contribution in [0.2, 0.25) is 18.1 Å². The minimum absolute atomic E-state index is 0.204. The van der Waals surface area contributed by atoms with Crippen LogP contribution >= 0.6 is 0 Å². The maximum Gasteiger partial charge on any atom is 0.192 e. The van der Waals surface area contributed by atoms with E-state index in [1.807, 2.05) is 6.07 Å². The fraction of sp³-hybridized carbons (Fsp3) is 0.571. The summed E-state index contributed by atoms with van der Waals surface area (Å²) >= 11 is 0. The second kappa shape index (κ2) is 6.18. The quantitative estimate of drug-likeness (QED) is 0.612. The van der Waals surface area contributed by atoms with E-state index in [0.717, 1.165) is 0 Å². The number of aromatic nitrogens is 1. The lowest BCUT2D eigenvalue weighted by molar-refractivity contribution is 0.203. The molecule has 0 aromatic carbocycles.